The molecule has 1 unspecified atom stereocenters. The zero-order chi connectivity index (χ0) is 15.6. The summed E-state index contributed by atoms with van der Waals surface area (Å²) in [4.78, 5) is 6.98. The number of fused-ring (bicyclic) bond motifs is 1. The summed E-state index contributed by atoms with van der Waals surface area (Å²) in [5.74, 6) is 0.858. The van der Waals surface area contributed by atoms with E-state index >= 15 is 0 Å². The molecule has 0 radical (unpaired) electrons. The van der Waals surface area contributed by atoms with E-state index in [4.69, 9.17) is 34.8 Å². The lowest BCUT2D eigenvalue weighted by atomic mass is 10.3. The van der Waals surface area contributed by atoms with Gasteiger partial charge in [-0.05, 0) is 32.1 Å². The van der Waals surface area contributed by atoms with E-state index in [1.807, 2.05) is 13.0 Å². The van der Waals surface area contributed by atoms with Gasteiger partial charge in [-0.3, -0.25) is 0 Å². The fourth-order valence-electron chi connectivity index (χ4n) is 2.46. The lowest BCUT2D eigenvalue weighted by Gasteiger charge is -2.19. The number of likely N-dealkylation sites (N-methyl/N-ethyl adjacent to an activating group) is 1. The van der Waals surface area contributed by atoms with Crippen molar-refractivity contribution in [2.24, 2.45) is 0 Å². The van der Waals surface area contributed by atoms with Crippen molar-refractivity contribution < 1.29 is 0 Å². The molecule has 0 saturated carbocycles. The molecule has 1 heterocycles. The van der Waals surface area contributed by atoms with Crippen LogP contribution < -0.4 is 0 Å². The van der Waals surface area contributed by atoms with Crippen LogP contribution in [0.1, 0.15) is 32.0 Å². The molecule has 0 N–H and O–H groups in total. The smallest absolute Gasteiger partial charge is 0.127 e. The van der Waals surface area contributed by atoms with Crippen LogP contribution in [-0.4, -0.2) is 34.1 Å². The molecule has 0 aliphatic rings. The minimum atomic E-state index is -0.161. The quantitative estimate of drug-likeness (QED) is 0.686. The molecule has 0 spiro atoms. The largest absolute Gasteiger partial charge is 0.325 e. The van der Waals surface area contributed by atoms with Crippen LogP contribution in [0.3, 0.4) is 0 Å². The van der Waals surface area contributed by atoms with Crippen molar-refractivity contribution in [3.8, 4) is 0 Å². The summed E-state index contributed by atoms with van der Waals surface area (Å²) in [5, 5.41) is 0.903. The van der Waals surface area contributed by atoms with Crippen LogP contribution in [0.2, 0.25) is 10.0 Å². The highest BCUT2D eigenvalue weighted by atomic mass is 35.5. The second kappa shape index (κ2) is 7.19. The molecule has 21 heavy (non-hydrogen) atoms. The first kappa shape index (κ1) is 16.9. The standard InChI is InChI=1S/C15H20Cl3N3/c1-4-20(5-2)6-7-21-14-9-12(18)11(17)8-13(14)19-15(21)10(3)16/h8-10H,4-7H2,1-3H3. The Hall–Kier alpha value is -0.480. The van der Waals surface area contributed by atoms with E-state index in [2.05, 4.69) is 28.3 Å². The SMILES string of the molecule is CCN(CC)CCn1c(C(C)Cl)nc2cc(Cl)c(Cl)cc21. The molecule has 1 atom stereocenters. The Bertz CT molecular complexity index is 618. The van der Waals surface area contributed by atoms with Gasteiger partial charge in [0.05, 0.1) is 26.5 Å². The Balaban J connectivity index is 2.43. The van der Waals surface area contributed by atoms with Crippen LogP contribution in [0.25, 0.3) is 11.0 Å². The number of nitrogens with zero attached hydrogens (tertiary/aromatic N) is 3. The summed E-state index contributed by atoms with van der Waals surface area (Å²) >= 11 is 18.5. The fraction of sp³-hybridized carbons (Fsp3) is 0.533. The van der Waals surface area contributed by atoms with Crippen molar-refractivity contribution >= 4 is 45.8 Å². The number of halogens is 3. The van der Waals surface area contributed by atoms with Gasteiger partial charge in [0, 0.05) is 13.1 Å². The monoisotopic (exact) mass is 347 g/mol. The second-order valence-electron chi connectivity index (χ2n) is 5.02. The topological polar surface area (TPSA) is 21.1 Å². The van der Waals surface area contributed by atoms with Gasteiger partial charge < -0.3 is 9.47 Å². The highest BCUT2D eigenvalue weighted by molar-refractivity contribution is 6.42. The van der Waals surface area contributed by atoms with Gasteiger partial charge in [-0.1, -0.05) is 37.0 Å². The number of hydrogen-bond acceptors (Lipinski definition) is 2. The Labute approximate surface area is 140 Å². The number of aromatic nitrogens is 2. The molecule has 0 bridgehead atoms. The van der Waals surface area contributed by atoms with Gasteiger partial charge in [0.25, 0.3) is 0 Å². The maximum absolute atomic E-state index is 6.28. The lowest BCUT2D eigenvalue weighted by molar-refractivity contribution is 0.290. The van der Waals surface area contributed by atoms with Crippen molar-refractivity contribution in [2.45, 2.75) is 32.7 Å². The van der Waals surface area contributed by atoms with Crippen molar-refractivity contribution in [2.75, 3.05) is 19.6 Å². The van der Waals surface area contributed by atoms with Crippen LogP contribution in [0.5, 0.6) is 0 Å². The summed E-state index contributed by atoms with van der Waals surface area (Å²) in [6, 6.07) is 3.67. The summed E-state index contributed by atoms with van der Waals surface area (Å²) in [7, 11) is 0. The normalized spacial score (nSPS) is 13.3. The maximum Gasteiger partial charge on any atom is 0.127 e. The predicted molar refractivity (Wildman–Crippen MR) is 91.8 cm³/mol. The van der Waals surface area contributed by atoms with Gasteiger partial charge in [0.1, 0.15) is 5.82 Å². The van der Waals surface area contributed by atoms with Crippen molar-refractivity contribution in [1.29, 1.82) is 0 Å². The Morgan fingerprint density at radius 1 is 1.19 bits per heavy atom. The third kappa shape index (κ3) is 3.65. The minimum Gasteiger partial charge on any atom is -0.325 e. The number of rotatable bonds is 6. The molecule has 6 heteroatoms. The molecule has 2 rings (SSSR count). The molecule has 0 saturated heterocycles. The molecule has 0 fully saturated rings. The minimum absolute atomic E-state index is 0.161. The molecular weight excluding hydrogens is 329 g/mol. The van der Waals surface area contributed by atoms with Crippen LogP contribution in [0.15, 0.2) is 12.1 Å². The lowest BCUT2D eigenvalue weighted by Crippen LogP contribution is -2.27. The summed E-state index contributed by atoms with van der Waals surface area (Å²) in [5.41, 5.74) is 1.82. The van der Waals surface area contributed by atoms with Crippen LogP contribution in [0, 0.1) is 0 Å². The van der Waals surface area contributed by atoms with Crippen molar-refractivity contribution in [3.63, 3.8) is 0 Å². The molecule has 1 aromatic heterocycles. The van der Waals surface area contributed by atoms with Crippen molar-refractivity contribution in [1.82, 2.24) is 14.5 Å². The second-order valence-corrected chi connectivity index (χ2v) is 6.49. The van der Waals surface area contributed by atoms with Crippen LogP contribution >= 0.6 is 34.8 Å². The zero-order valence-corrected chi connectivity index (χ0v) is 14.8. The van der Waals surface area contributed by atoms with Crippen LogP contribution in [-0.2, 0) is 6.54 Å². The fourth-order valence-corrected chi connectivity index (χ4v) is 2.94. The van der Waals surface area contributed by atoms with Gasteiger partial charge >= 0.3 is 0 Å². The third-order valence-corrected chi connectivity index (χ3v) is 4.63. The molecule has 3 nitrogen and oxygen atoms in total. The molecule has 116 valence electrons. The Morgan fingerprint density at radius 3 is 2.38 bits per heavy atom. The first-order chi connectivity index (χ1) is 9.97. The molecule has 0 aliphatic carbocycles. The number of hydrogen-bond donors (Lipinski definition) is 0. The number of imidazole rings is 1. The summed E-state index contributed by atoms with van der Waals surface area (Å²) in [6.07, 6.45) is 0. The van der Waals surface area contributed by atoms with E-state index in [9.17, 15) is 0 Å². The first-order valence-corrected chi connectivity index (χ1v) is 8.38. The maximum atomic E-state index is 6.28. The molecule has 0 amide bonds. The van der Waals surface area contributed by atoms with E-state index in [1.54, 1.807) is 6.07 Å². The highest BCUT2D eigenvalue weighted by Gasteiger charge is 2.16. The number of alkyl halides is 1. The van der Waals surface area contributed by atoms with Gasteiger partial charge in [0.15, 0.2) is 0 Å². The van der Waals surface area contributed by atoms with Gasteiger partial charge in [0.2, 0.25) is 0 Å². The van der Waals surface area contributed by atoms with E-state index in [1.165, 1.54) is 0 Å². The predicted octanol–water partition coefficient (Wildman–Crippen LogP) is 4.98. The average molecular weight is 349 g/mol. The third-order valence-electron chi connectivity index (χ3n) is 3.71. The summed E-state index contributed by atoms with van der Waals surface area (Å²) < 4.78 is 2.15. The first-order valence-electron chi connectivity index (χ1n) is 7.19. The van der Waals surface area contributed by atoms with Gasteiger partial charge in [-0.15, -0.1) is 11.6 Å². The average Bonchev–Trinajstić information content (AvgIpc) is 2.79. The number of benzene rings is 1. The zero-order valence-electron chi connectivity index (χ0n) is 12.5. The summed E-state index contributed by atoms with van der Waals surface area (Å²) in [6.45, 7) is 10.1. The van der Waals surface area contributed by atoms with E-state index in [0.29, 0.717) is 10.0 Å². The molecular formula is C15H20Cl3N3. The highest BCUT2D eigenvalue weighted by Crippen LogP contribution is 2.31. The Kier molecular flexibility index (Phi) is 5.78. The van der Waals surface area contributed by atoms with E-state index in [-0.39, 0.29) is 5.38 Å². The van der Waals surface area contributed by atoms with Gasteiger partial charge in [-0.25, -0.2) is 4.98 Å². The Morgan fingerprint density at radius 2 is 1.81 bits per heavy atom. The van der Waals surface area contributed by atoms with Gasteiger partial charge in [-0.2, -0.15) is 0 Å². The molecule has 2 aromatic rings. The molecule has 1 aromatic carbocycles. The van der Waals surface area contributed by atoms with Crippen LogP contribution in [0.4, 0.5) is 0 Å². The van der Waals surface area contributed by atoms with Crippen molar-refractivity contribution in [3.05, 3.63) is 28.0 Å². The van der Waals surface area contributed by atoms with E-state index < -0.39 is 0 Å². The molecule has 0 aliphatic heterocycles. The van der Waals surface area contributed by atoms with E-state index in [0.717, 1.165) is 43.0 Å².